The second-order valence-corrected chi connectivity index (χ2v) is 19.3. The van der Waals surface area contributed by atoms with Crippen molar-refractivity contribution in [1.29, 1.82) is 0 Å². The fraction of sp³-hybridized carbons (Fsp3) is 0.769. The van der Waals surface area contributed by atoms with E-state index in [1.54, 1.807) is 0 Å². The molecular formula is C52H95NO8P+. The van der Waals surface area contributed by atoms with Crippen molar-refractivity contribution >= 4 is 19.8 Å². The number of phosphoric acid groups is 1. The monoisotopic (exact) mass is 893 g/mol. The molecule has 0 saturated heterocycles. The van der Waals surface area contributed by atoms with Crippen molar-refractivity contribution in [2.45, 2.75) is 213 Å². The number of rotatable bonds is 45. The van der Waals surface area contributed by atoms with Gasteiger partial charge in [0.15, 0.2) is 6.10 Å². The SMILES string of the molecule is CCCCC/C=C/C/C=C/C/C=C/C/C=C/CCCCCC(=O)O[C@H](COC(=O)CCCCCCCCCCC/C=C/CCCCCCCC)COP(=O)(O)OCC[N+](C)(C)C. The summed E-state index contributed by atoms with van der Waals surface area (Å²) < 4.78 is 34.4. The fourth-order valence-electron chi connectivity index (χ4n) is 6.58. The topological polar surface area (TPSA) is 108 Å². The molecule has 0 aliphatic heterocycles. The van der Waals surface area contributed by atoms with Gasteiger partial charge in [-0.05, 0) is 83.5 Å². The maximum absolute atomic E-state index is 12.7. The van der Waals surface area contributed by atoms with Gasteiger partial charge in [-0.1, -0.05) is 171 Å². The molecule has 0 aromatic carbocycles. The third-order valence-corrected chi connectivity index (χ3v) is 11.5. The van der Waals surface area contributed by atoms with Gasteiger partial charge in [0.25, 0.3) is 0 Å². The maximum atomic E-state index is 12.7. The van der Waals surface area contributed by atoms with E-state index in [9.17, 15) is 19.0 Å². The number of esters is 2. The smallest absolute Gasteiger partial charge is 0.462 e. The molecule has 2 atom stereocenters. The number of quaternary nitrogens is 1. The molecule has 0 spiro atoms. The van der Waals surface area contributed by atoms with Crippen LogP contribution in [0.3, 0.4) is 0 Å². The first kappa shape index (κ1) is 59.7. The Morgan fingerprint density at radius 3 is 1.35 bits per heavy atom. The summed E-state index contributed by atoms with van der Waals surface area (Å²) in [4.78, 5) is 35.5. The molecule has 0 aliphatic rings. The molecule has 0 radical (unpaired) electrons. The van der Waals surface area contributed by atoms with E-state index >= 15 is 0 Å². The number of phosphoric ester groups is 1. The Labute approximate surface area is 381 Å². The minimum absolute atomic E-state index is 0.0229. The minimum Gasteiger partial charge on any atom is -0.462 e. The first-order valence-corrected chi connectivity index (χ1v) is 26.5. The molecule has 0 aliphatic carbocycles. The van der Waals surface area contributed by atoms with Gasteiger partial charge in [0, 0.05) is 12.8 Å². The van der Waals surface area contributed by atoms with E-state index in [2.05, 4.69) is 74.6 Å². The number of carbonyl (C=O) groups is 2. The van der Waals surface area contributed by atoms with E-state index in [4.69, 9.17) is 18.5 Å². The van der Waals surface area contributed by atoms with Crippen LogP contribution in [0, 0.1) is 0 Å². The van der Waals surface area contributed by atoms with Crippen molar-refractivity contribution in [3.05, 3.63) is 60.8 Å². The van der Waals surface area contributed by atoms with Crippen molar-refractivity contribution in [2.24, 2.45) is 0 Å². The largest absolute Gasteiger partial charge is 0.472 e. The van der Waals surface area contributed by atoms with Gasteiger partial charge in [-0.15, -0.1) is 0 Å². The lowest BCUT2D eigenvalue weighted by Crippen LogP contribution is -2.37. The molecule has 10 heteroatoms. The number of unbranched alkanes of at least 4 members (excludes halogenated alkanes) is 21. The average Bonchev–Trinajstić information content (AvgIpc) is 3.23. The van der Waals surface area contributed by atoms with E-state index in [0.29, 0.717) is 17.4 Å². The zero-order valence-corrected chi connectivity index (χ0v) is 41.5. The molecule has 0 aromatic rings. The third kappa shape index (κ3) is 47.2. The molecule has 0 bridgehead atoms. The summed E-state index contributed by atoms with van der Waals surface area (Å²) in [6, 6.07) is 0. The zero-order valence-electron chi connectivity index (χ0n) is 40.6. The molecule has 0 aromatic heterocycles. The molecule has 62 heavy (non-hydrogen) atoms. The highest BCUT2D eigenvalue weighted by molar-refractivity contribution is 7.47. The quantitative estimate of drug-likeness (QED) is 0.0212. The Balaban J connectivity index is 4.35. The van der Waals surface area contributed by atoms with Gasteiger partial charge in [-0.25, -0.2) is 4.57 Å². The van der Waals surface area contributed by atoms with Gasteiger partial charge in [-0.2, -0.15) is 0 Å². The van der Waals surface area contributed by atoms with Crippen LogP contribution in [0.4, 0.5) is 0 Å². The van der Waals surface area contributed by atoms with E-state index in [-0.39, 0.29) is 32.0 Å². The average molecular weight is 893 g/mol. The standard InChI is InChI=1S/C52H94NO8P/c1-6-8-10-12-14-16-18-20-22-24-26-28-30-32-34-36-38-40-42-44-51(54)58-48-50(49-60-62(56,57)59-47-46-53(3,4)5)61-52(55)45-43-41-39-37-35-33-31-29-27-25-23-21-19-17-15-13-11-9-7-2/h15,17,20-23,27,29,33,35,50H,6-14,16,18-19,24-26,28,30-32,34,36-49H2,1-5H3/p+1/b17-15+,22-20+,23-21+,29-27+,35-33+/t50-/m1/s1. The molecule has 0 fully saturated rings. The number of likely N-dealkylation sites (N-methyl/N-ethyl adjacent to an activating group) is 1. The van der Waals surface area contributed by atoms with Crippen molar-refractivity contribution in [3.8, 4) is 0 Å². The van der Waals surface area contributed by atoms with Crippen LogP contribution in [-0.4, -0.2) is 74.9 Å². The number of hydrogen-bond acceptors (Lipinski definition) is 7. The van der Waals surface area contributed by atoms with Crippen molar-refractivity contribution in [3.63, 3.8) is 0 Å². The molecule has 0 rings (SSSR count). The Morgan fingerprint density at radius 2 is 0.871 bits per heavy atom. The van der Waals surface area contributed by atoms with Gasteiger partial charge in [0.05, 0.1) is 27.7 Å². The highest BCUT2D eigenvalue weighted by atomic mass is 31.2. The lowest BCUT2D eigenvalue weighted by atomic mass is 10.1. The lowest BCUT2D eigenvalue weighted by Gasteiger charge is -2.24. The minimum atomic E-state index is -4.39. The van der Waals surface area contributed by atoms with E-state index in [1.807, 2.05) is 21.1 Å². The Kier molecular flexibility index (Phi) is 42.3. The van der Waals surface area contributed by atoms with Gasteiger partial charge >= 0.3 is 19.8 Å². The lowest BCUT2D eigenvalue weighted by molar-refractivity contribution is -0.870. The summed E-state index contributed by atoms with van der Waals surface area (Å²) in [6.45, 7) is 4.36. The number of allylic oxidation sites excluding steroid dienone is 10. The highest BCUT2D eigenvalue weighted by Crippen LogP contribution is 2.43. The second-order valence-electron chi connectivity index (χ2n) is 17.8. The predicted molar refractivity (Wildman–Crippen MR) is 261 cm³/mol. The number of hydrogen-bond donors (Lipinski definition) is 1. The first-order chi connectivity index (χ1) is 30.0. The van der Waals surface area contributed by atoms with Crippen molar-refractivity contribution < 1.29 is 42.1 Å². The van der Waals surface area contributed by atoms with Crippen molar-refractivity contribution in [1.82, 2.24) is 0 Å². The molecule has 0 saturated carbocycles. The van der Waals surface area contributed by atoms with Crippen LogP contribution in [0.5, 0.6) is 0 Å². The first-order valence-electron chi connectivity index (χ1n) is 25.0. The van der Waals surface area contributed by atoms with Gasteiger partial charge < -0.3 is 18.9 Å². The molecule has 9 nitrogen and oxygen atoms in total. The van der Waals surface area contributed by atoms with Crippen LogP contribution < -0.4 is 0 Å². The predicted octanol–water partition coefficient (Wildman–Crippen LogP) is 14.8. The van der Waals surface area contributed by atoms with Crippen LogP contribution in [0.25, 0.3) is 0 Å². The summed E-state index contributed by atoms with van der Waals surface area (Å²) in [6.07, 6.45) is 54.1. The van der Waals surface area contributed by atoms with Crippen LogP contribution >= 0.6 is 7.82 Å². The summed E-state index contributed by atoms with van der Waals surface area (Å²) in [5.41, 5.74) is 0. The van der Waals surface area contributed by atoms with Gasteiger partial charge in [0.2, 0.25) is 0 Å². The van der Waals surface area contributed by atoms with Gasteiger partial charge in [-0.3, -0.25) is 18.6 Å². The highest BCUT2D eigenvalue weighted by Gasteiger charge is 2.27. The van der Waals surface area contributed by atoms with Gasteiger partial charge in [0.1, 0.15) is 19.8 Å². The molecule has 360 valence electrons. The number of nitrogens with zero attached hydrogens (tertiary/aromatic N) is 1. The molecular weight excluding hydrogens is 798 g/mol. The number of carbonyl (C=O) groups excluding carboxylic acids is 2. The Bertz CT molecular complexity index is 1240. The summed E-state index contributed by atoms with van der Waals surface area (Å²) in [7, 11) is 1.45. The van der Waals surface area contributed by atoms with Crippen molar-refractivity contribution in [2.75, 3.05) is 47.5 Å². The molecule has 0 amide bonds. The van der Waals surface area contributed by atoms with E-state index < -0.39 is 26.5 Å². The molecule has 0 heterocycles. The molecule has 1 N–H and O–H groups in total. The van der Waals surface area contributed by atoms with Crippen LogP contribution in [0.15, 0.2) is 60.8 Å². The Hall–Kier alpha value is -2.29. The summed E-state index contributed by atoms with van der Waals surface area (Å²) in [5.74, 6) is -0.836. The van der Waals surface area contributed by atoms with Crippen LogP contribution in [0.2, 0.25) is 0 Å². The third-order valence-electron chi connectivity index (χ3n) is 10.5. The molecule has 1 unspecified atom stereocenters. The Morgan fingerprint density at radius 1 is 0.500 bits per heavy atom. The maximum Gasteiger partial charge on any atom is 0.472 e. The zero-order chi connectivity index (χ0) is 45.7. The second kappa shape index (κ2) is 43.9. The normalized spacial score (nSPS) is 14.0. The number of ether oxygens (including phenoxy) is 2. The van der Waals surface area contributed by atoms with Crippen LogP contribution in [0.1, 0.15) is 206 Å². The van der Waals surface area contributed by atoms with Crippen LogP contribution in [-0.2, 0) is 32.7 Å². The van der Waals surface area contributed by atoms with E-state index in [0.717, 1.165) is 57.8 Å². The van der Waals surface area contributed by atoms with E-state index in [1.165, 1.54) is 116 Å². The fourth-order valence-corrected chi connectivity index (χ4v) is 7.32. The summed E-state index contributed by atoms with van der Waals surface area (Å²) in [5, 5.41) is 0. The summed E-state index contributed by atoms with van der Waals surface area (Å²) >= 11 is 0.